The Morgan fingerprint density at radius 3 is 2.50 bits per heavy atom. The first-order valence-electron chi connectivity index (χ1n) is 8.25. The van der Waals surface area contributed by atoms with E-state index in [1.54, 1.807) is 0 Å². The first kappa shape index (κ1) is 16.6. The van der Waals surface area contributed by atoms with E-state index in [9.17, 15) is 0 Å². The molecule has 0 heterocycles. The Morgan fingerprint density at radius 2 is 1.77 bits per heavy atom. The SMILES string of the molecule is Cc1ccc(C(C)C)c(OCC[NH2+]CCc2ccccc2)c1. The Morgan fingerprint density at radius 1 is 1.00 bits per heavy atom. The smallest absolute Gasteiger partial charge is 0.137 e. The highest BCUT2D eigenvalue weighted by Gasteiger charge is 2.08. The van der Waals surface area contributed by atoms with Crippen LogP contribution in [0.1, 0.15) is 36.5 Å². The number of rotatable bonds is 8. The van der Waals surface area contributed by atoms with Crippen LogP contribution in [0.25, 0.3) is 0 Å². The van der Waals surface area contributed by atoms with Crippen LogP contribution in [0.4, 0.5) is 0 Å². The van der Waals surface area contributed by atoms with Gasteiger partial charge in [-0.05, 0) is 35.6 Å². The molecule has 118 valence electrons. The predicted molar refractivity (Wildman–Crippen MR) is 92.6 cm³/mol. The van der Waals surface area contributed by atoms with E-state index in [2.05, 4.69) is 74.6 Å². The topological polar surface area (TPSA) is 25.8 Å². The van der Waals surface area contributed by atoms with Crippen molar-refractivity contribution in [2.75, 3.05) is 19.7 Å². The lowest BCUT2D eigenvalue weighted by Crippen LogP contribution is -2.85. The maximum absolute atomic E-state index is 6.00. The highest BCUT2D eigenvalue weighted by molar-refractivity contribution is 5.39. The number of hydrogen-bond acceptors (Lipinski definition) is 1. The molecule has 0 aromatic heterocycles. The van der Waals surface area contributed by atoms with Crippen molar-refractivity contribution in [3.63, 3.8) is 0 Å². The van der Waals surface area contributed by atoms with Gasteiger partial charge in [0.15, 0.2) is 0 Å². The molecule has 0 radical (unpaired) electrons. The number of benzene rings is 2. The molecule has 0 fully saturated rings. The second kappa shape index (κ2) is 8.60. The molecule has 0 saturated carbocycles. The van der Waals surface area contributed by atoms with E-state index in [-0.39, 0.29) is 0 Å². The summed E-state index contributed by atoms with van der Waals surface area (Å²) in [4.78, 5) is 0. The van der Waals surface area contributed by atoms with Crippen molar-refractivity contribution in [3.05, 3.63) is 65.2 Å². The molecule has 2 aromatic carbocycles. The van der Waals surface area contributed by atoms with Crippen molar-refractivity contribution in [2.45, 2.75) is 33.1 Å². The Bertz CT molecular complexity index is 563. The van der Waals surface area contributed by atoms with Crippen molar-refractivity contribution in [1.29, 1.82) is 0 Å². The lowest BCUT2D eigenvalue weighted by molar-refractivity contribution is -0.654. The molecule has 2 rings (SSSR count). The van der Waals surface area contributed by atoms with E-state index in [1.807, 2.05) is 0 Å². The highest BCUT2D eigenvalue weighted by Crippen LogP contribution is 2.27. The minimum absolute atomic E-state index is 0.498. The van der Waals surface area contributed by atoms with Gasteiger partial charge in [0.05, 0.1) is 6.54 Å². The Hall–Kier alpha value is -1.80. The monoisotopic (exact) mass is 298 g/mol. The molecule has 0 aliphatic rings. The molecule has 2 N–H and O–H groups in total. The third-order valence-electron chi connectivity index (χ3n) is 3.85. The fourth-order valence-electron chi connectivity index (χ4n) is 2.55. The number of aryl methyl sites for hydroxylation is 1. The highest BCUT2D eigenvalue weighted by atomic mass is 16.5. The van der Waals surface area contributed by atoms with E-state index < -0.39 is 0 Å². The average Bonchev–Trinajstić information content (AvgIpc) is 2.51. The van der Waals surface area contributed by atoms with Crippen molar-refractivity contribution in [3.8, 4) is 5.75 Å². The maximum atomic E-state index is 6.00. The van der Waals surface area contributed by atoms with E-state index in [1.165, 1.54) is 16.7 Å². The zero-order chi connectivity index (χ0) is 15.8. The fraction of sp³-hybridized carbons (Fsp3) is 0.400. The van der Waals surface area contributed by atoms with Crippen LogP contribution in [0.15, 0.2) is 48.5 Å². The third-order valence-corrected chi connectivity index (χ3v) is 3.85. The molecule has 0 amide bonds. The normalized spacial score (nSPS) is 10.9. The van der Waals surface area contributed by atoms with Gasteiger partial charge in [0.2, 0.25) is 0 Å². The quantitative estimate of drug-likeness (QED) is 0.743. The van der Waals surface area contributed by atoms with Crippen LogP contribution in [0.5, 0.6) is 5.75 Å². The number of quaternary nitrogens is 1. The number of nitrogens with two attached hydrogens (primary N) is 1. The van der Waals surface area contributed by atoms with Crippen LogP contribution < -0.4 is 10.1 Å². The molecule has 2 aromatic rings. The zero-order valence-electron chi connectivity index (χ0n) is 14.0. The van der Waals surface area contributed by atoms with Gasteiger partial charge in [-0.25, -0.2) is 0 Å². The van der Waals surface area contributed by atoms with Crippen LogP contribution >= 0.6 is 0 Å². The van der Waals surface area contributed by atoms with Crippen molar-refractivity contribution >= 4 is 0 Å². The van der Waals surface area contributed by atoms with Gasteiger partial charge in [0.25, 0.3) is 0 Å². The van der Waals surface area contributed by atoms with Gasteiger partial charge in [0.1, 0.15) is 18.9 Å². The largest absolute Gasteiger partial charge is 0.487 e. The Kier molecular flexibility index (Phi) is 6.47. The summed E-state index contributed by atoms with van der Waals surface area (Å²) in [6.07, 6.45) is 1.11. The van der Waals surface area contributed by atoms with Crippen molar-refractivity contribution in [1.82, 2.24) is 0 Å². The number of ether oxygens (including phenoxy) is 1. The first-order valence-corrected chi connectivity index (χ1v) is 8.25. The van der Waals surface area contributed by atoms with Crippen LogP contribution in [0.2, 0.25) is 0 Å². The summed E-state index contributed by atoms with van der Waals surface area (Å²) in [5.74, 6) is 1.55. The summed E-state index contributed by atoms with van der Waals surface area (Å²) < 4.78 is 6.00. The Labute approximate surface area is 134 Å². The van der Waals surface area contributed by atoms with E-state index in [0.717, 1.165) is 31.9 Å². The van der Waals surface area contributed by atoms with Gasteiger partial charge < -0.3 is 10.1 Å². The van der Waals surface area contributed by atoms with E-state index in [4.69, 9.17) is 4.74 Å². The minimum atomic E-state index is 0.498. The molecule has 0 aliphatic carbocycles. The second-order valence-corrected chi connectivity index (χ2v) is 6.15. The lowest BCUT2D eigenvalue weighted by Gasteiger charge is -2.14. The summed E-state index contributed by atoms with van der Waals surface area (Å²) >= 11 is 0. The number of hydrogen-bond donors (Lipinski definition) is 1. The first-order chi connectivity index (χ1) is 10.7. The van der Waals surface area contributed by atoms with E-state index in [0.29, 0.717) is 5.92 Å². The molecule has 0 saturated heterocycles. The van der Waals surface area contributed by atoms with Gasteiger partial charge >= 0.3 is 0 Å². The molecule has 0 bridgehead atoms. The second-order valence-electron chi connectivity index (χ2n) is 6.15. The van der Waals surface area contributed by atoms with Gasteiger partial charge in [-0.15, -0.1) is 0 Å². The molecule has 2 nitrogen and oxygen atoms in total. The summed E-state index contributed by atoms with van der Waals surface area (Å²) in [7, 11) is 0. The molecule has 0 unspecified atom stereocenters. The van der Waals surface area contributed by atoms with E-state index >= 15 is 0 Å². The van der Waals surface area contributed by atoms with Gasteiger partial charge in [-0.3, -0.25) is 0 Å². The summed E-state index contributed by atoms with van der Waals surface area (Å²) in [6, 6.07) is 17.1. The lowest BCUT2D eigenvalue weighted by atomic mass is 10.0. The molecular formula is C20H28NO+. The summed E-state index contributed by atoms with van der Waals surface area (Å²) in [6.45, 7) is 9.41. The average molecular weight is 298 g/mol. The van der Waals surface area contributed by atoms with Gasteiger partial charge in [0, 0.05) is 6.42 Å². The summed E-state index contributed by atoms with van der Waals surface area (Å²) in [5.41, 5.74) is 3.96. The molecule has 0 atom stereocenters. The maximum Gasteiger partial charge on any atom is 0.137 e. The summed E-state index contributed by atoms with van der Waals surface area (Å²) in [5, 5.41) is 2.33. The Balaban J connectivity index is 1.71. The molecular weight excluding hydrogens is 270 g/mol. The van der Waals surface area contributed by atoms with Crippen molar-refractivity contribution < 1.29 is 10.1 Å². The van der Waals surface area contributed by atoms with Crippen molar-refractivity contribution in [2.24, 2.45) is 0 Å². The van der Waals surface area contributed by atoms with Crippen LogP contribution in [-0.2, 0) is 6.42 Å². The molecule has 0 aliphatic heterocycles. The van der Waals surface area contributed by atoms with Gasteiger partial charge in [-0.1, -0.05) is 56.3 Å². The molecule has 0 spiro atoms. The standard InChI is InChI=1S/C20H27NO/c1-16(2)19-10-9-17(3)15-20(19)22-14-13-21-12-11-18-7-5-4-6-8-18/h4-10,15-16,21H,11-14H2,1-3H3/p+1. The predicted octanol–water partition coefficient (Wildman–Crippen LogP) is 3.30. The molecule has 2 heteroatoms. The fourth-order valence-corrected chi connectivity index (χ4v) is 2.55. The third kappa shape index (κ3) is 5.19. The van der Waals surface area contributed by atoms with Crippen LogP contribution in [0, 0.1) is 6.92 Å². The minimum Gasteiger partial charge on any atom is -0.487 e. The van der Waals surface area contributed by atoms with Gasteiger partial charge in [-0.2, -0.15) is 0 Å². The zero-order valence-corrected chi connectivity index (χ0v) is 14.0. The van der Waals surface area contributed by atoms with Crippen LogP contribution in [0.3, 0.4) is 0 Å². The molecule has 22 heavy (non-hydrogen) atoms. The van der Waals surface area contributed by atoms with Crippen LogP contribution in [-0.4, -0.2) is 19.7 Å².